The van der Waals surface area contributed by atoms with Crippen molar-refractivity contribution in [3.8, 4) is 34.5 Å². The molecule has 0 aliphatic rings. The maximum atomic E-state index is 13.0. The fraction of sp³-hybridized carbons (Fsp3) is 0.143. The topological polar surface area (TPSA) is 100 Å². The zero-order chi connectivity index (χ0) is 22.8. The number of methoxy groups -OCH3 is 3. The van der Waals surface area contributed by atoms with Gasteiger partial charge >= 0.3 is 7.82 Å². The Kier molecular flexibility index (Phi) is 8.18. The average molecular weight is 464 g/mol. The van der Waals surface area contributed by atoms with Gasteiger partial charge in [-0.25, -0.2) is 4.57 Å². The summed E-state index contributed by atoms with van der Waals surface area (Å²) in [5.41, 5.74) is 0. The minimum absolute atomic E-state index is 0.201. The van der Waals surface area contributed by atoms with E-state index in [9.17, 15) is 4.57 Å². The first kappa shape index (κ1) is 23.2. The van der Waals surface area contributed by atoms with Gasteiger partial charge in [0.2, 0.25) is 0 Å². The van der Waals surface area contributed by atoms with Gasteiger partial charge in [-0.05, 0) is 72.8 Å². The maximum absolute atomic E-state index is 13.0. The molecule has 170 valence electrons. The van der Waals surface area contributed by atoms with Gasteiger partial charge in [0.05, 0.1) is 21.3 Å². The van der Waals surface area contributed by atoms with Gasteiger partial charge in [-0.1, -0.05) is 14.0 Å². The standard InChI is InChI=1S/C21H21O10P/c1-23-16-4-10-19(11-5-16)26-29-32(22,30-27-20-12-6-17(24-2)7-13-20)31-28-21-14-8-18(25-3)9-15-21/h4-15H,1-3H3. The molecule has 0 heterocycles. The van der Waals surface area contributed by atoms with Gasteiger partial charge in [-0.2, -0.15) is 0 Å². The Morgan fingerprint density at radius 2 is 0.656 bits per heavy atom. The van der Waals surface area contributed by atoms with Crippen LogP contribution in [0.2, 0.25) is 0 Å². The number of benzene rings is 3. The lowest BCUT2D eigenvalue weighted by atomic mass is 10.3. The molecule has 11 heteroatoms. The minimum atomic E-state index is -4.53. The summed E-state index contributed by atoms with van der Waals surface area (Å²) >= 11 is 0. The molecule has 3 aromatic rings. The predicted molar refractivity (Wildman–Crippen MR) is 112 cm³/mol. The summed E-state index contributed by atoms with van der Waals surface area (Å²) in [5, 5.41) is 0. The maximum Gasteiger partial charge on any atom is 0.583 e. The predicted octanol–water partition coefficient (Wildman–Crippen LogP) is 5.15. The van der Waals surface area contributed by atoms with Gasteiger partial charge < -0.3 is 28.9 Å². The summed E-state index contributed by atoms with van der Waals surface area (Å²) in [6, 6.07) is 18.9. The summed E-state index contributed by atoms with van der Waals surface area (Å²) < 4.78 is 42.9. The average Bonchev–Trinajstić information content (AvgIpc) is 2.86. The lowest BCUT2D eigenvalue weighted by Crippen LogP contribution is -2.08. The van der Waals surface area contributed by atoms with Crippen LogP contribution in [0.25, 0.3) is 0 Å². The molecule has 3 rings (SSSR count). The van der Waals surface area contributed by atoms with E-state index in [1.54, 1.807) is 36.4 Å². The fourth-order valence-corrected chi connectivity index (χ4v) is 2.80. The van der Waals surface area contributed by atoms with Crippen molar-refractivity contribution < 1.29 is 47.5 Å². The Morgan fingerprint density at radius 1 is 0.438 bits per heavy atom. The zero-order valence-electron chi connectivity index (χ0n) is 17.5. The third kappa shape index (κ3) is 6.79. The highest BCUT2D eigenvalue weighted by molar-refractivity contribution is 7.48. The first-order chi connectivity index (χ1) is 15.5. The Morgan fingerprint density at radius 3 is 0.875 bits per heavy atom. The Hall–Kier alpha value is -3.43. The zero-order valence-corrected chi connectivity index (χ0v) is 18.4. The third-order valence-electron chi connectivity index (χ3n) is 3.85. The fourth-order valence-electron chi connectivity index (χ4n) is 2.20. The molecular formula is C21H21O10P. The van der Waals surface area contributed by atoms with Crippen molar-refractivity contribution in [2.24, 2.45) is 0 Å². The molecule has 0 amide bonds. The molecular weight excluding hydrogens is 443 g/mol. The van der Waals surface area contributed by atoms with E-state index < -0.39 is 7.82 Å². The SMILES string of the molecule is COc1ccc(OOP(=O)(OOc2ccc(OC)cc2)OOc2ccc(OC)cc2)cc1. The second-order valence-electron chi connectivity index (χ2n) is 5.95. The first-order valence-electron chi connectivity index (χ1n) is 9.14. The molecule has 10 nitrogen and oxygen atoms in total. The molecule has 0 aliphatic heterocycles. The highest BCUT2D eigenvalue weighted by atomic mass is 31.2. The first-order valence-corrected chi connectivity index (χ1v) is 10.6. The van der Waals surface area contributed by atoms with Gasteiger partial charge in [0.25, 0.3) is 0 Å². The van der Waals surface area contributed by atoms with Crippen LogP contribution < -0.4 is 28.9 Å². The van der Waals surface area contributed by atoms with Crippen molar-refractivity contribution in [2.75, 3.05) is 21.3 Å². The van der Waals surface area contributed by atoms with E-state index in [4.69, 9.17) is 42.9 Å². The third-order valence-corrected chi connectivity index (χ3v) is 4.62. The molecule has 0 saturated heterocycles. The lowest BCUT2D eigenvalue weighted by Gasteiger charge is -2.15. The van der Waals surface area contributed by atoms with E-state index in [1.165, 1.54) is 57.7 Å². The van der Waals surface area contributed by atoms with Crippen molar-refractivity contribution in [3.05, 3.63) is 72.8 Å². The highest BCUT2D eigenvalue weighted by Crippen LogP contribution is 2.50. The van der Waals surface area contributed by atoms with E-state index in [2.05, 4.69) is 0 Å². The molecule has 0 radical (unpaired) electrons. The minimum Gasteiger partial charge on any atom is -0.497 e. The molecule has 0 bridgehead atoms. The molecule has 0 fully saturated rings. The van der Waals surface area contributed by atoms with E-state index in [-0.39, 0.29) is 17.2 Å². The Balaban J connectivity index is 1.67. The van der Waals surface area contributed by atoms with Crippen molar-refractivity contribution in [1.82, 2.24) is 0 Å². The normalized spacial score (nSPS) is 10.8. The Labute approximate surface area is 184 Å². The summed E-state index contributed by atoms with van der Waals surface area (Å²) in [5.74, 6) is 2.39. The number of hydrogen-bond donors (Lipinski definition) is 0. The molecule has 0 saturated carbocycles. The van der Waals surface area contributed by atoms with E-state index >= 15 is 0 Å². The molecule has 32 heavy (non-hydrogen) atoms. The van der Waals surface area contributed by atoms with Crippen LogP contribution in [0.15, 0.2) is 72.8 Å². The van der Waals surface area contributed by atoms with Gasteiger partial charge in [-0.15, -0.1) is 0 Å². The number of ether oxygens (including phenoxy) is 3. The van der Waals surface area contributed by atoms with Crippen molar-refractivity contribution in [1.29, 1.82) is 0 Å². The quantitative estimate of drug-likeness (QED) is 0.203. The molecule has 0 aliphatic carbocycles. The van der Waals surface area contributed by atoms with Crippen molar-refractivity contribution in [2.45, 2.75) is 0 Å². The Bertz CT molecular complexity index is 874. The molecule has 0 N–H and O–H groups in total. The number of phosphoric acid groups is 1. The van der Waals surface area contributed by atoms with Gasteiger partial charge in [0, 0.05) is 0 Å². The van der Waals surface area contributed by atoms with Gasteiger partial charge in [0.1, 0.15) is 17.2 Å². The highest BCUT2D eigenvalue weighted by Gasteiger charge is 2.35. The monoisotopic (exact) mass is 464 g/mol. The molecule has 0 spiro atoms. The smallest absolute Gasteiger partial charge is 0.497 e. The van der Waals surface area contributed by atoms with Crippen molar-refractivity contribution >= 4 is 7.82 Å². The van der Waals surface area contributed by atoms with Gasteiger partial charge in [0.15, 0.2) is 17.2 Å². The summed E-state index contributed by atoms with van der Waals surface area (Å²) in [6.07, 6.45) is 0. The van der Waals surface area contributed by atoms with Crippen LogP contribution in [0.4, 0.5) is 0 Å². The number of hydrogen-bond acceptors (Lipinski definition) is 10. The van der Waals surface area contributed by atoms with Gasteiger partial charge in [-0.3, -0.25) is 0 Å². The second-order valence-corrected chi connectivity index (χ2v) is 7.29. The largest absolute Gasteiger partial charge is 0.583 e. The summed E-state index contributed by atoms with van der Waals surface area (Å²) in [6.45, 7) is 0. The summed E-state index contributed by atoms with van der Waals surface area (Å²) in [7, 11) is 0.0367. The van der Waals surface area contributed by atoms with Crippen LogP contribution in [0, 0.1) is 0 Å². The van der Waals surface area contributed by atoms with E-state index in [1.807, 2.05) is 0 Å². The van der Waals surface area contributed by atoms with E-state index in [0.29, 0.717) is 17.2 Å². The molecule has 3 aromatic carbocycles. The summed E-state index contributed by atoms with van der Waals surface area (Å²) in [4.78, 5) is 15.2. The van der Waals surface area contributed by atoms with Crippen LogP contribution >= 0.6 is 7.82 Å². The van der Waals surface area contributed by atoms with Crippen LogP contribution in [0.1, 0.15) is 0 Å². The van der Waals surface area contributed by atoms with E-state index in [0.717, 1.165) is 0 Å². The van der Waals surface area contributed by atoms with Crippen LogP contribution in [-0.4, -0.2) is 21.3 Å². The van der Waals surface area contributed by atoms with Crippen LogP contribution in [-0.2, 0) is 18.6 Å². The second kappa shape index (κ2) is 11.3. The molecule has 0 unspecified atom stereocenters. The van der Waals surface area contributed by atoms with Crippen LogP contribution in [0.3, 0.4) is 0 Å². The van der Waals surface area contributed by atoms with Crippen molar-refractivity contribution in [3.63, 3.8) is 0 Å². The van der Waals surface area contributed by atoms with Crippen LogP contribution in [0.5, 0.6) is 34.5 Å². The molecule has 0 atom stereocenters. The lowest BCUT2D eigenvalue weighted by molar-refractivity contribution is -0.237. The molecule has 0 aromatic heterocycles. The number of rotatable bonds is 12.